The number of benzene rings is 1. The Morgan fingerprint density at radius 1 is 0.946 bits per heavy atom. The molecule has 0 heterocycles. The number of likely N-dealkylation sites (N-methyl/N-ethyl adjacent to an activating group) is 1. The van der Waals surface area contributed by atoms with E-state index in [9.17, 15) is 9.69 Å². The first kappa shape index (κ1) is 33.8. The molecule has 0 aliphatic carbocycles. The van der Waals surface area contributed by atoms with Crippen LogP contribution in [0.4, 0.5) is 0 Å². The number of hydrogen-bond acceptors (Lipinski definition) is 7. The van der Waals surface area contributed by atoms with Crippen molar-refractivity contribution in [1.29, 1.82) is 0 Å². The molecule has 0 aliphatic rings. The number of nitrogens with zero attached hydrogens (tertiary/aromatic N) is 1. The van der Waals surface area contributed by atoms with Crippen molar-refractivity contribution in [2.75, 3.05) is 40.5 Å². The van der Waals surface area contributed by atoms with Gasteiger partial charge in [-0.2, -0.15) is 0 Å². The summed E-state index contributed by atoms with van der Waals surface area (Å²) in [6, 6.07) is 8.09. The molecule has 0 bridgehead atoms. The zero-order chi connectivity index (χ0) is 27.1. The molecule has 214 valence electrons. The summed E-state index contributed by atoms with van der Waals surface area (Å²) in [7, 11) is 1.87. The third-order valence-electron chi connectivity index (χ3n) is 6.12. The molecule has 0 aromatic heterocycles. The minimum atomic E-state index is -2.00. The van der Waals surface area contributed by atoms with Gasteiger partial charge in [-0.1, -0.05) is 83.8 Å². The number of esters is 1. The molecule has 1 aromatic rings. The number of ether oxygens (including phenoxy) is 2. The fraction of sp³-hybridized carbons (Fsp3) is 0.759. The van der Waals surface area contributed by atoms with Gasteiger partial charge < -0.3 is 28.3 Å². The van der Waals surface area contributed by atoms with E-state index < -0.39 is 14.7 Å². The van der Waals surface area contributed by atoms with Gasteiger partial charge in [0.05, 0.1) is 19.8 Å². The van der Waals surface area contributed by atoms with Gasteiger partial charge in [0.1, 0.15) is 11.9 Å². The highest BCUT2D eigenvalue weighted by Gasteiger charge is 2.18. The normalized spacial score (nSPS) is 13.0. The van der Waals surface area contributed by atoms with E-state index in [0.29, 0.717) is 32.4 Å². The van der Waals surface area contributed by atoms with E-state index >= 15 is 0 Å². The van der Waals surface area contributed by atoms with Crippen LogP contribution in [0.25, 0.3) is 0 Å². The minimum absolute atomic E-state index is 0.102. The number of hydrogen-bond donors (Lipinski definition) is 1. The molecule has 0 amide bonds. The van der Waals surface area contributed by atoms with Crippen LogP contribution < -0.4 is 4.74 Å². The van der Waals surface area contributed by atoms with E-state index in [-0.39, 0.29) is 12.6 Å². The lowest BCUT2D eigenvalue weighted by molar-refractivity contribution is -0.150. The highest BCUT2D eigenvalue weighted by molar-refractivity contribution is 7.40. The third-order valence-corrected chi connectivity index (χ3v) is 6.89. The van der Waals surface area contributed by atoms with Gasteiger partial charge in [-0.15, -0.1) is 0 Å². The number of unbranched alkanes of at least 4 members (excludes halogenated alkanes) is 9. The Kier molecular flexibility index (Phi) is 20.7. The molecule has 0 aliphatic heterocycles. The van der Waals surface area contributed by atoms with Crippen LogP contribution in [0.15, 0.2) is 24.3 Å². The zero-order valence-electron chi connectivity index (χ0n) is 23.8. The average Bonchev–Trinajstić information content (AvgIpc) is 2.88. The second-order valence-electron chi connectivity index (χ2n) is 9.85. The Balaban J connectivity index is 2.32. The molecule has 2 atom stereocenters. The van der Waals surface area contributed by atoms with Crippen molar-refractivity contribution in [3.63, 3.8) is 0 Å². The minimum Gasteiger partial charge on any atom is -0.494 e. The van der Waals surface area contributed by atoms with Gasteiger partial charge in [0.2, 0.25) is 0 Å². The van der Waals surface area contributed by atoms with Crippen molar-refractivity contribution in [3.8, 4) is 5.75 Å². The topological polar surface area (TPSA) is 77.5 Å². The Labute approximate surface area is 227 Å². The Morgan fingerprint density at radius 3 is 2.27 bits per heavy atom. The van der Waals surface area contributed by atoms with Crippen molar-refractivity contribution >= 4 is 14.6 Å². The Bertz CT molecular complexity index is 690. The Hall–Kier alpha value is -1.24. The molecular formula is C29H52NO6P. The van der Waals surface area contributed by atoms with Crippen molar-refractivity contribution in [1.82, 2.24) is 4.90 Å². The summed E-state index contributed by atoms with van der Waals surface area (Å²) in [5, 5.41) is 0. The van der Waals surface area contributed by atoms with Crippen LogP contribution in [0.5, 0.6) is 5.75 Å². The highest BCUT2D eigenvalue weighted by atomic mass is 31.2. The molecular weight excluding hydrogens is 489 g/mol. The number of carbonyl (C=O) groups is 1. The van der Waals surface area contributed by atoms with Gasteiger partial charge in [0.25, 0.3) is 0 Å². The second-order valence-corrected chi connectivity index (χ2v) is 10.8. The van der Waals surface area contributed by atoms with Crippen LogP contribution in [-0.4, -0.2) is 62.3 Å². The summed E-state index contributed by atoms with van der Waals surface area (Å²) in [4.78, 5) is 23.8. The summed E-state index contributed by atoms with van der Waals surface area (Å²) < 4.78 is 22.3. The van der Waals surface area contributed by atoms with Crippen LogP contribution in [0, 0.1) is 0 Å². The van der Waals surface area contributed by atoms with Crippen LogP contribution >= 0.6 is 8.60 Å². The predicted octanol–water partition coefficient (Wildman–Crippen LogP) is 7.05. The summed E-state index contributed by atoms with van der Waals surface area (Å²) in [5.41, 5.74) is 1.12. The fourth-order valence-corrected chi connectivity index (χ4v) is 4.44. The van der Waals surface area contributed by atoms with E-state index in [1.807, 2.05) is 31.1 Å². The third kappa shape index (κ3) is 19.5. The second kappa shape index (κ2) is 22.7. The summed E-state index contributed by atoms with van der Waals surface area (Å²) in [6.07, 6.45) is 14.2. The van der Waals surface area contributed by atoms with Gasteiger partial charge in [0.15, 0.2) is 0 Å². The summed E-state index contributed by atoms with van der Waals surface area (Å²) >= 11 is 0. The molecule has 7 nitrogen and oxygen atoms in total. The molecule has 0 spiro atoms. The first-order valence-electron chi connectivity index (χ1n) is 14.2. The molecule has 1 rings (SSSR count). The summed E-state index contributed by atoms with van der Waals surface area (Å²) in [6.45, 7) is 5.92. The van der Waals surface area contributed by atoms with Crippen LogP contribution in [-0.2, 0) is 25.0 Å². The predicted molar refractivity (Wildman–Crippen MR) is 152 cm³/mol. The molecule has 2 unspecified atom stereocenters. The van der Waals surface area contributed by atoms with E-state index in [2.05, 4.69) is 19.1 Å². The number of aryl methyl sites for hydroxylation is 1. The maximum absolute atomic E-state index is 11.9. The van der Waals surface area contributed by atoms with Crippen molar-refractivity contribution < 1.29 is 28.2 Å². The lowest BCUT2D eigenvalue weighted by Gasteiger charge is -2.20. The van der Waals surface area contributed by atoms with Crippen molar-refractivity contribution in [2.45, 2.75) is 103 Å². The molecule has 0 saturated carbocycles. The molecule has 37 heavy (non-hydrogen) atoms. The standard InChI is InChI=1S/C29H52NO6P/c1-5-7-8-9-10-11-12-13-14-15-22-33-27-18-16-17-26(24-27)19-20-28(36-29(31)6-2)25-35-37(32)34-23-21-30(3)4/h16-18,24,28,32H,5-15,19-23,25H2,1-4H3. The van der Waals surface area contributed by atoms with E-state index in [0.717, 1.165) is 24.3 Å². The maximum atomic E-state index is 11.9. The van der Waals surface area contributed by atoms with Crippen LogP contribution in [0.3, 0.4) is 0 Å². The van der Waals surface area contributed by atoms with E-state index in [1.54, 1.807) is 6.92 Å². The van der Waals surface area contributed by atoms with Crippen LogP contribution in [0.1, 0.15) is 96.5 Å². The van der Waals surface area contributed by atoms with Gasteiger partial charge >= 0.3 is 14.6 Å². The quantitative estimate of drug-likeness (QED) is 0.0853. The first-order valence-corrected chi connectivity index (χ1v) is 15.4. The van der Waals surface area contributed by atoms with Gasteiger partial charge in [-0.25, -0.2) is 0 Å². The smallest absolute Gasteiger partial charge is 0.330 e. The lowest BCUT2D eigenvalue weighted by atomic mass is 10.1. The van der Waals surface area contributed by atoms with E-state index in [1.165, 1.54) is 57.8 Å². The van der Waals surface area contributed by atoms with E-state index in [4.69, 9.17) is 18.5 Å². The zero-order valence-corrected chi connectivity index (χ0v) is 24.7. The molecule has 1 N–H and O–H groups in total. The van der Waals surface area contributed by atoms with Crippen molar-refractivity contribution in [2.24, 2.45) is 0 Å². The monoisotopic (exact) mass is 541 g/mol. The van der Waals surface area contributed by atoms with Gasteiger partial charge in [-0.3, -0.25) is 4.79 Å². The molecule has 1 aromatic carbocycles. The SMILES string of the molecule is CCCCCCCCCCCCOc1cccc(CCC(COP(O)OCCN(C)C)OC(=O)CC)c1. The van der Waals surface area contributed by atoms with Gasteiger partial charge in [-0.05, 0) is 51.1 Å². The fourth-order valence-electron chi connectivity index (χ4n) is 3.83. The Morgan fingerprint density at radius 2 is 1.62 bits per heavy atom. The molecule has 0 radical (unpaired) electrons. The molecule has 0 saturated heterocycles. The average molecular weight is 542 g/mol. The molecule has 0 fully saturated rings. The largest absolute Gasteiger partial charge is 0.494 e. The first-order chi connectivity index (χ1) is 17.9. The molecule has 8 heteroatoms. The van der Waals surface area contributed by atoms with Crippen molar-refractivity contribution in [3.05, 3.63) is 29.8 Å². The summed E-state index contributed by atoms with van der Waals surface area (Å²) in [5.74, 6) is 0.595. The lowest BCUT2D eigenvalue weighted by Crippen LogP contribution is -2.23. The van der Waals surface area contributed by atoms with Gasteiger partial charge in [0, 0.05) is 13.0 Å². The number of rotatable bonds is 24. The maximum Gasteiger partial charge on any atom is 0.330 e. The number of carbonyl (C=O) groups excluding carboxylic acids is 1. The van der Waals surface area contributed by atoms with Crippen LogP contribution in [0.2, 0.25) is 0 Å². The highest BCUT2D eigenvalue weighted by Crippen LogP contribution is 2.33.